The van der Waals surface area contributed by atoms with Gasteiger partial charge in [-0.15, -0.1) is 0 Å². The second kappa shape index (κ2) is 13.9. The highest BCUT2D eigenvalue weighted by Crippen LogP contribution is 2.40. The number of ether oxygens (including phenoxy) is 1. The van der Waals surface area contributed by atoms with Crippen LogP contribution in [0.2, 0.25) is 0 Å². The number of nitrogens with one attached hydrogen (secondary N) is 1. The summed E-state index contributed by atoms with van der Waals surface area (Å²) < 4.78 is 5.54. The molecule has 1 saturated carbocycles. The molecule has 0 bridgehead atoms. The molecule has 0 spiro atoms. The van der Waals surface area contributed by atoms with Gasteiger partial charge in [0.15, 0.2) is 0 Å². The third-order valence-electron chi connectivity index (χ3n) is 8.91. The highest BCUT2D eigenvalue weighted by atomic mass is 16.5. The monoisotopic (exact) mass is 602 g/mol. The SMILES string of the molecule is CC/C=C(NC1CC1)\C(C)=C\C1=C(C(C)C)c2ccccc2N(C(=O)c2cccc(-c3cccc(N4CCOCC4)c3)n2)CC1. The Hall–Kier alpha value is -4.16. The van der Waals surface area contributed by atoms with Gasteiger partial charge < -0.3 is 19.9 Å². The average Bonchev–Trinajstić information content (AvgIpc) is 3.91. The van der Waals surface area contributed by atoms with Gasteiger partial charge >= 0.3 is 0 Å². The van der Waals surface area contributed by atoms with Crippen LogP contribution in [-0.4, -0.2) is 49.8 Å². The van der Waals surface area contributed by atoms with Crippen molar-refractivity contribution in [1.29, 1.82) is 0 Å². The van der Waals surface area contributed by atoms with Gasteiger partial charge in [-0.05, 0) is 85.6 Å². The molecule has 3 aliphatic rings. The van der Waals surface area contributed by atoms with E-state index in [0.29, 0.717) is 24.2 Å². The zero-order valence-electron chi connectivity index (χ0n) is 27.2. The molecule has 1 aromatic heterocycles. The molecule has 45 heavy (non-hydrogen) atoms. The minimum absolute atomic E-state index is 0.0688. The fourth-order valence-corrected chi connectivity index (χ4v) is 6.50. The zero-order chi connectivity index (χ0) is 31.3. The summed E-state index contributed by atoms with van der Waals surface area (Å²) in [7, 11) is 0. The van der Waals surface area contributed by atoms with Crippen LogP contribution in [0.1, 0.15) is 69.4 Å². The predicted molar refractivity (Wildman–Crippen MR) is 185 cm³/mol. The van der Waals surface area contributed by atoms with Crippen LogP contribution in [0.4, 0.5) is 11.4 Å². The molecule has 1 aliphatic carbocycles. The number of amides is 1. The number of aromatic nitrogens is 1. The molecule has 2 aromatic carbocycles. The lowest BCUT2D eigenvalue weighted by atomic mass is 9.88. The number of carbonyl (C=O) groups is 1. The Balaban J connectivity index is 1.31. The first-order chi connectivity index (χ1) is 21.9. The van der Waals surface area contributed by atoms with E-state index in [0.717, 1.165) is 67.3 Å². The number of para-hydroxylation sites is 1. The maximum absolute atomic E-state index is 14.3. The van der Waals surface area contributed by atoms with Crippen LogP contribution in [0.3, 0.4) is 0 Å². The molecule has 1 amide bonds. The number of hydrogen-bond acceptors (Lipinski definition) is 5. The molecule has 1 N–H and O–H groups in total. The van der Waals surface area contributed by atoms with Crippen molar-refractivity contribution < 1.29 is 9.53 Å². The van der Waals surface area contributed by atoms with Gasteiger partial charge in [0.25, 0.3) is 5.91 Å². The Bertz CT molecular complexity index is 1630. The Morgan fingerprint density at radius 3 is 2.56 bits per heavy atom. The second-order valence-corrected chi connectivity index (χ2v) is 12.6. The van der Waals surface area contributed by atoms with Crippen LogP contribution in [0.5, 0.6) is 0 Å². The maximum atomic E-state index is 14.3. The lowest BCUT2D eigenvalue weighted by Crippen LogP contribution is -2.36. The van der Waals surface area contributed by atoms with Crippen molar-refractivity contribution in [3.63, 3.8) is 0 Å². The largest absolute Gasteiger partial charge is 0.382 e. The molecule has 6 rings (SSSR count). The summed E-state index contributed by atoms with van der Waals surface area (Å²) in [6.07, 6.45) is 8.91. The first kappa shape index (κ1) is 30.8. The number of hydrogen-bond donors (Lipinski definition) is 1. The van der Waals surface area contributed by atoms with Gasteiger partial charge in [0.2, 0.25) is 0 Å². The number of nitrogens with zero attached hydrogens (tertiary/aromatic N) is 3. The van der Waals surface area contributed by atoms with Gasteiger partial charge in [0.1, 0.15) is 5.69 Å². The second-order valence-electron chi connectivity index (χ2n) is 12.6. The Morgan fingerprint density at radius 1 is 1.02 bits per heavy atom. The molecule has 0 unspecified atom stereocenters. The third-order valence-corrected chi connectivity index (χ3v) is 8.91. The fraction of sp³-hybridized carbons (Fsp3) is 0.385. The molecule has 0 atom stereocenters. The van der Waals surface area contributed by atoms with Crippen LogP contribution >= 0.6 is 0 Å². The number of rotatable bonds is 9. The lowest BCUT2D eigenvalue weighted by Gasteiger charge is -2.29. The van der Waals surface area contributed by atoms with Crippen LogP contribution in [0.15, 0.2) is 95.7 Å². The Morgan fingerprint density at radius 2 is 1.80 bits per heavy atom. The maximum Gasteiger partial charge on any atom is 0.276 e. The van der Waals surface area contributed by atoms with Gasteiger partial charge in [-0.3, -0.25) is 4.79 Å². The van der Waals surface area contributed by atoms with E-state index in [2.05, 4.69) is 92.5 Å². The minimum atomic E-state index is -0.0688. The van der Waals surface area contributed by atoms with Crippen molar-refractivity contribution in [3.05, 3.63) is 107 Å². The average molecular weight is 603 g/mol. The normalized spacial score (nSPS) is 17.8. The van der Waals surface area contributed by atoms with Crippen LogP contribution in [-0.2, 0) is 4.74 Å². The van der Waals surface area contributed by atoms with Crippen molar-refractivity contribution >= 4 is 22.9 Å². The molecular formula is C39H46N4O2. The summed E-state index contributed by atoms with van der Waals surface area (Å²) in [6.45, 7) is 12.7. The van der Waals surface area contributed by atoms with E-state index < -0.39 is 0 Å². The van der Waals surface area contributed by atoms with E-state index in [-0.39, 0.29) is 5.91 Å². The van der Waals surface area contributed by atoms with Crippen molar-refractivity contribution in [1.82, 2.24) is 10.3 Å². The molecule has 3 aromatic rings. The van der Waals surface area contributed by atoms with Gasteiger partial charge in [-0.1, -0.05) is 69.3 Å². The van der Waals surface area contributed by atoms with Crippen molar-refractivity contribution in [3.8, 4) is 11.3 Å². The molecule has 6 nitrogen and oxygen atoms in total. The summed E-state index contributed by atoms with van der Waals surface area (Å²) in [5.74, 6) is 0.233. The minimum Gasteiger partial charge on any atom is -0.382 e. The molecule has 2 fully saturated rings. The van der Waals surface area contributed by atoms with E-state index in [4.69, 9.17) is 9.72 Å². The summed E-state index contributed by atoms with van der Waals surface area (Å²) >= 11 is 0. The number of carbonyl (C=O) groups excluding carboxylic acids is 1. The predicted octanol–water partition coefficient (Wildman–Crippen LogP) is 8.04. The van der Waals surface area contributed by atoms with E-state index in [1.807, 2.05) is 29.2 Å². The summed E-state index contributed by atoms with van der Waals surface area (Å²) in [6, 6.07) is 23.2. The van der Waals surface area contributed by atoms with Crippen LogP contribution in [0.25, 0.3) is 16.8 Å². The number of anilines is 2. The Kier molecular flexibility index (Phi) is 9.50. The molecule has 0 radical (unpaired) electrons. The Labute approximate surface area is 268 Å². The summed E-state index contributed by atoms with van der Waals surface area (Å²) in [4.78, 5) is 23.5. The molecule has 2 aliphatic heterocycles. The fourth-order valence-electron chi connectivity index (χ4n) is 6.50. The van der Waals surface area contributed by atoms with E-state index in [1.54, 1.807) is 0 Å². The first-order valence-electron chi connectivity index (χ1n) is 16.6. The van der Waals surface area contributed by atoms with E-state index >= 15 is 0 Å². The standard InChI is InChI=1S/C39H46N4O2/c1-5-10-34(40-31-17-18-31)28(4)25-30-19-20-43(37-16-7-6-13-33(37)38(30)27(2)3)39(44)36-15-9-14-35(41-36)29-11-8-12-32(26-29)42-21-23-45-24-22-42/h6-16,25-27,31,40H,5,17-24H2,1-4H3/b28-25+,34-10+. The highest BCUT2D eigenvalue weighted by molar-refractivity contribution is 6.07. The van der Waals surface area contributed by atoms with Crippen LogP contribution in [0, 0.1) is 5.92 Å². The summed E-state index contributed by atoms with van der Waals surface area (Å²) in [5.41, 5.74) is 10.6. The van der Waals surface area contributed by atoms with Crippen molar-refractivity contribution in [2.75, 3.05) is 42.6 Å². The number of benzene rings is 2. The molecule has 3 heterocycles. The van der Waals surface area contributed by atoms with Crippen LogP contribution < -0.4 is 15.1 Å². The number of morpholine rings is 1. The smallest absolute Gasteiger partial charge is 0.276 e. The van der Waals surface area contributed by atoms with E-state index in [1.165, 1.54) is 35.3 Å². The third kappa shape index (κ3) is 7.07. The molecular weight excluding hydrogens is 556 g/mol. The topological polar surface area (TPSA) is 57.7 Å². The van der Waals surface area contributed by atoms with Gasteiger partial charge in [0, 0.05) is 48.2 Å². The molecule has 6 heteroatoms. The van der Waals surface area contributed by atoms with Crippen molar-refractivity contribution in [2.24, 2.45) is 5.92 Å². The van der Waals surface area contributed by atoms with Crippen molar-refractivity contribution in [2.45, 2.75) is 59.4 Å². The van der Waals surface area contributed by atoms with E-state index in [9.17, 15) is 4.79 Å². The quantitative estimate of drug-likeness (QED) is 0.251. The van der Waals surface area contributed by atoms with Gasteiger partial charge in [0.05, 0.1) is 24.6 Å². The summed E-state index contributed by atoms with van der Waals surface area (Å²) in [5, 5.41) is 3.74. The molecule has 1 saturated heterocycles. The first-order valence-corrected chi connectivity index (χ1v) is 16.6. The number of allylic oxidation sites excluding steroid dienone is 4. The van der Waals surface area contributed by atoms with Gasteiger partial charge in [-0.25, -0.2) is 4.98 Å². The number of pyridine rings is 1. The molecule has 234 valence electrons. The highest BCUT2D eigenvalue weighted by Gasteiger charge is 2.28. The lowest BCUT2D eigenvalue weighted by molar-refractivity contribution is 0.0982. The number of fused-ring (bicyclic) bond motifs is 1. The zero-order valence-corrected chi connectivity index (χ0v) is 27.2. The van der Waals surface area contributed by atoms with Gasteiger partial charge in [-0.2, -0.15) is 0 Å².